The molecule has 0 saturated heterocycles. The second-order valence-corrected chi connectivity index (χ2v) is 9.48. The number of rotatable bonds is 6. The van der Waals surface area contributed by atoms with E-state index in [1.807, 2.05) is 42.6 Å². The minimum atomic E-state index is -0.143. The summed E-state index contributed by atoms with van der Waals surface area (Å²) >= 11 is 0. The lowest BCUT2D eigenvalue weighted by atomic mass is 9.74. The van der Waals surface area contributed by atoms with Crippen molar-refractivity contribution in [2.45, 2.75) is 52.5 Å². The molecule has 2 aromatic heterocycles. The molecule has 1 atom stereocenters. The van der Waals surface area contributed by atoms with E-state index in [-0.39, 0.29) is 24.0 Å². The Morgan fingerprint density at radius 3 is 2.69 bits per heavy atom. The highest BCUT2D eigenvalue weighted by molar-refractivity contribution is 5.78. The average Bonchev–Trinajstić information content (AvgIpc) is 2.77. The molecule has 6 nitrogen and oxygen atoms in total. The number of carbonyl (C=O) groups excluding carboxylic acids is 1. The minimum Gasteiger partial charge on any atom is -0.483 e. The van der Waals surface area contributed by atoms with Gasteiger partial charge in [-0.15, -0.1) is 0 Å². The second kappa shape index (κ2) is 9.07. The molecule has 1 aromatic carbocycles. The van der Waals surface area contributed by atoms with E-state index in [2.05, 4.69) is 43.0 Å². The predicted molar refractivity (Wildman–Crippen MR) is 124 cm³/mol. The number of benzene rings is 1. The van der Waals surface area contributed by atoms with Crippen LogP contribution >= 0.6 is 0 Å². The van der Waals surface area contributed by atoms with Crippen molar-refractivity contribution in [1.29, 1.82) is 0 Å². The number of aromatic nitrogens is 3. The van der Waals surface area contributed by atoms with E-state index in [4.69, 9.17) is 9.72 Å². The molecule has 1 aliphatic rings. The number of hydrogen-bond acceptors (Lipinski definition) is 5. The van der Waals surface area contributed by atoms with Crippen molar-refractivity contribution < 1.29 is 9.53 Å². The lowest BCUT2D eigenvalue weighted by Crippen LogP contribution is -2.39. The zero-order valence-electron chi connectivity index (χ0n) is 19.1. The Hall–Kier alpha value is -3.28. The number of carbonyl (C=O) groups is 1. The fourth-order valence-corrected chi connectivity index (χ4v) is 4.28. The fraction of sp³-hybridized carbons (Fsp3) is 0.385. The summed E-state index contributed by atoms with van der Waals surface area (Å²) in [5.74, 6) is 1.62. The van der Waals surface area contributed by atoms with Crippen LogP contribution in [0.5, 0.6) is 5.75 Å². The van der Waals surface area contributed by atoms with Gasteiger partial charge in [-0.2, -0.15) is 0 Å². The smallest absolute Gasteiger partial charge is 0.258 e. The number of amides is 1. The molecule has 6 heteroatoms. The van der Waals surface area contributed by atoms with Gasteiger partial charge in [0, 0.05) is 29.7 Å². The molecule has 0 radical (unpaired) electrons. The van der Waals surface area contributed by atoms with E-state index in [9.17, 15) is 4.79 Å². The van der Waals surface area contributed by atoms with E-state index >= 15 is 0 Å². The third kappa shape index (κ3) is 4.96. The Balaban J connectivity index is 1.50. The van der Waals surface area contributed by atoms with Crippen LogP contribution < -0.4 is 10.1 Å². The SMILES string of the molecule is CC(C)c1ccccc1OCC(=O)N[C@@H]1CC(C)(C)Cc2nc(-c3ccncc3)ncc21. The predicted octanol–water partition coefficient (Wildman–Crippen LogP) is 4.87. The standard InChI is InChI=1S/C26H30N4O2/c1-17(2)19-7-5-6-8-23(19)32-16-24(31)29-21-13-26(3,4)14-22-20(21)15-28-25(30-22)18-9-11-27-12-10-18/h5-12,15,17,21H,13-14,16H2,1-4H3,(H,29,31)/t21-/m1/s1. The average molecular weight is 431 g/mol. The number of hydrogen-bond donors (Lipinski definition) is 1. The maximum Gasteiger partial charge on any atom is 0.258 e. The number of pyridine rings is 1. The summed E-state index contributed by atoms with van der Waals surface area (Å²) in [6.45, 7) is 8.62. The van der Waals surface area contributed by atoms with Gasteiger partial charge in [-0.05, 0) is 47.9 Å². The summed E-state index contributed by atoms with van der Waals surface area (Å²) in [5, 5.41) is 3.15. The van der Waals surface area contributed by atoms with Crippen LogP contribution in [0, 0.1) is 5.41 Å². The van der Waals surface area contributed by atoms with Crippen LogP contribution in [0.25, 0.3) is 11.4 Å². The molecule has 1 aliphatic carbocycles. The number of para-hydroxylation sites is 1. The van der Waals surface area contributed by atoms with E-state index in [0.29, 0.717) is 11.7 Å². The van der Waals surface area contributed by atoms with Crippen molar-refractivity contribution in [2.24, 2.45) is 5.41 Å². The zero-order chi connectivity index (χ0) is 22.7. The van der Waals surface area contributed by atoms with Crippen LogP contribution in [-0.2, 0) is 11.2 Å². The first kappa shape index (κ1) is 21.9. The molecule has 0 saturated carbocycles. The minimum absolute atomic E-state index is 0.0138. The molecule has 0 fully saturated rings. The number of fused-ring (bicyclic) bond motifs is 1. The van der Waals surface area contributed by atoms with Crippen molar-refractivity contribution in [3.05, 3.63) is 71.8 Å². The summed E-state index contributed by atoms with van der Waals surface area (Å²) in [6, 6.07) is 11.5. The quantitative estimate of drug-likeness (QED) is 0.604. The number of ether oxygens (including phenoxy) is 1. The lowest BCUT2D eigenvalue weighted by Gasteiger charge is -2.36. The maximum atomic E-state index is 12.8. The van der Waals surface area contributed by atoms with E-state index in [0.717, 1.165) is 41.0 Å². The molecule has 0 spiro atoms. The first-order valence-electron chi connectivity index (χ1n) is 11.1. The topological polar surface area (TPSA) is 77.0 Å². The molecule has 0 bridgehead atoms. The first-order valence-corrected chi connectivity index (χ1v) is 11.1. The molecule has 2 heterocycles. The summed E-state index contributed by atoms with van der Waals surface area (Å²) in [4.78, 5) is 26.3. The van der Waals surface area contributed by atoms with Gasteiger partial charge in [0.05, 0.1) is 11.7 Å². The van der Waals surface area contributed by atoms with Gasteiger partial charge in [-0.1, -0.05) is 45.9 Å². The van der Waals surface area contributed by atoms with Crippen LogP contribution in [0.15, 0.2) is 55.0 Å². The molecule has 1 amide bonds. The van der Waals surface area contributed by atoms with Gasteiger partial charge in [0.25, 0.3) is 5.91 Å². The van der Waals surface area contributed by atoms with E-state index in [1.165, 1.54) is 0 Å². The van der Waals surface area contributed by atoms with Crippen LogP contribution in [-0.4, -0.2) is 27.5 Å². The van der Waals surface area contributed by atoms with Crippen molar-refractivity contribution in [3.63, 3.8) is 0 Å². The highest BCUT2D eigenvalue weighted by atomic mass is 16.5. The Kier molecular flexibility index (Phi) is 6.21. The second-order valence-electron chi connectivity index (χ2n) is 9.48. The lowest BCUT2D eigenvalue weighted by molar-refractivity contribution is -0.124. The van der Waals surface area contributed by atoms with Crippen LogP contribution in [0.4, 0.5) is 0 Å². The molecule has 0 aliphatic heterocycles. The van der Waals surface area contributed by atoms with Gasteiger partial charge in [-0.3, -0.25) is 9.78 Å². The van der Waals surface area contributed by atoms with E-state index < -0.39 is 0 Å². The molecule has 32 heavy (non-hydrogen) atoms. The van der Waals surface area contributed by atoms with Gasteiger partial charge < -0.3 is 10.1 Å². The third-order valence-corrected chi connectivity index (χ3v) is 5.85. The number of nitrogens with one attached hydrogen (secondary N) is 1. The molecule has 1 N–H and O–H groups in total. The highest BCUT2D eigenvalue weighted by Crippen LogP contribution is 2.40. The van der Waals surface area contributed by atoms with Gasteiger partial charge in [0.1, 0.15) is 5.75 Å². The Morgan fingerprint density at radius 2 is 1.94 bits per heavy atom. The van der Waals surface area contributed by atoms with Crippen molar-refractivity contribution in [3.8, 4) is 17.1 Å². The van der Waals surface area contributed by atoms with Gasteiger partial charge in [0.15, 0.2) is 12.4 Å². The zero-order valence-corrected chi connectivity index (χ0v) is 19.1. The first-order chi connectivity index (χ1) is 15.3. The third-order valence-electron chi connectivity index (χ3n) is 5.85. The van der Waals surface area contributed by atoms with Crippen molar-refractivity contribution in [1.82, 2.24) is 20.3 Å². The van der Waals surface area contributed by atoms with Crippen LogP contribution in [0.3, 0.4) is 0 Å². The molecule has 166 valence electrons. The van der Waals surface area contributed by atoms with Gasteiger partial charge in [-0.25, -0.2) is 9.97 Å². The Morgan fingerprint density at radius 1 is 1.19 bits per heavy atom. The molecular weight excluding hydrogens is 400 g/mol. The van der Waals surface area contributed by atoms with Crippen molar-refractivity contribution in [2.75, 3.05) is 6.61 Å². The highest BCUT2D eigenvalue weighted by Gasteiger charge is 2.34. The normalized spacial score (nSPS) is 17.0. The molecule has 3 aromatic rings. The molecule has 0 unspecified atom stereocenters. The molecular formula is C26H30N4O2. The fourth-order valence-electron chi connectivity index (χ4n) is 4.28. The van der Waals surface area contributed by atoms with Gasteiger partial charge >= 0.3 is 0 Å². The summed E-state index contributed by atoms with van der Waals surface area (Å²) in [5.41, 5.74) is 4.02. The van der Waals surface area contributed by atoms with Crippen molar-refractivity contribution >= 4 is 5.91 Å². The Bertz CT molecular complexity index is 1100. The van der Waals surface area contributed by atoms with Crippen LogP contribution in [0.2, 0.25) is 0 Å². The van der Waals surface area contributed by atoms with Crippen LogP contribution in [0.1, 0.15) is 62.9 Å². The summed E-state index contributed by atoms with van der Waals surface area (Å²) in [7, 11) is 0. The van der Waals surface area contributed by atoms with E-state index in [1.54, 1.807) is 12.4 Å². The summed E-state index contributed by atoms with van der Waals surface area (Å²) in [6.07, 6.45) is 7.00. The maximum absolute atomic E-state index is 12.8. The summed E-state index contributed by atoms with van der Waals surface area (Å²) < 4.78 is 5.87. The largest absolute Gasteiger partial charge is 0.483 e. The molecule has 4 rings (SSSR count). The number of nitrogens with zero attached hydrogens (tertiary/aromatic N) is 3. The van der Waals surface area contributed by atoms with Gasteiger partial charge in [0.2, 0.25) is 0 Å². The Labute approximate surface area is 189 Å². The monoisotopic (exact) mass is 430 g/mol.